The van der Waals surface area contributed by atoms with Crippen LogP contribution < -0.4 is 32.3 Å². The number of nitrogens with zero attached hydrogens (tertiary/aromatic N) is 2. The van der Waals surface area contributed by atoms with E-state index in [0.717, 1.165) is 31.2 Å². The van der Waals surface area contributed by atoms with Crippen LogP contribution in [0.3, 0.4) is 0 Å². The summed E-state index contributed by atoms with van der Waals surface area (Å²) in [6.45, 7) is 3.69. The van der Waals surface area contributed by atoms with Crippen molar-refractivity contribution < 1.29 is 44.8 Å². The summed E-state index contributed by atoms with van der Waals surface area (Å²) in [7, 11) is -5.21. The molecule has 2 aliphatic carbocycles. The molecule has 2 aromatic heterocycles. The standard InChI is InChI=1S/C23H22ClFN4O4S.C21H19ClFN3O3S.C2H4ClNO.2CH4/c1-13-3-6-15(7-4-13)34(32,33)29-12-17-16(8-10-20(17)28-23(31)26-2)21(29)22(30)27-14-5-9-19(25)18(24)11-14;1-12-2-5-14(6-3-12)30(28,29)26-11-16-15(7-9-19(16)24)20(26)21(27)25-13-4-8-18(23)17(22)10-13;1-4-2(3)5;;/h3-7,9,11-12,20H,8,10H2,1-2H3,(H,27,30)(H2,26,28,31);2-6,8,10-11,19H,7,9,24H2,1H3,(H,25,27);1H3,(H,4,5);2*1H4. The molecule has 16 nitrogen and oxygen atoms in total. The first kappa shape index (κ1) is 57.3. The maximum Gasteiger partial charge on any atom is 0.315 e. The van der Waals surface area contributed by atoms with E-state index in [1.54, 1.807) is 24.3 Å². The lowest BCUT2D eigenvalue weighted by atomic mass is 10.1. The van der Waals surface area contributed by atoms with Gasteiger partial charge in [0.15, 0.2) is 0 Å². The zero-order chi connectivity index (χ0) is 50.5. The number of fused-ring (bicyclic) bond motifs is 2. The summed E-state index contributed by atoms with van der Waals surface area (Å²) in [5.74, 6) is -2.59. The third-order valence-electron chi connectivity index (χ3n) is 11.1. The van der Waals surface area contributed by atoms with Gasteiger partial charge in [0.1, 0.15) is 23.0 Å². The Morgan fingerprint density at radius 3 is 1.42 bits per heavy atom. The molecule has 5 amide bonds. The Morgan fingerprint density at radius 2 is 1.03 bits per heavy atom. The third kappa shape index (κ3) is 12.8. The fourth-order valence-corrected chi connectivity index (χ4v) is 10.7. The second-order valence-corrected chi connectivity index (χ2v) is 20.5. The van der Waals surface area contributed by atoms with Gasteiger partial charge in [-0.1, -0.05) is 73.4 Å². The minimum atomic E-state index is -4.13. The number of benzene rings is 4. The highest BCUT2D eigenvalue weighted by atomic mass is 35.5. The molecular weight excluding hydrogens is 1030 g/mol. The molecule has 0 spiro atoms. The highest BCUT2D eigenvalue weighted by molar-refractivity contribution is 7.90. The van der Waals surface area contributed by atoms with Gasteiger partial charge in [-0.3, -0.25) is 14.4 Å². The van der Waals surface area contributed by atoms with Crippen molar-refractivity contribution >= 4 is 89.4 Å². The second-order valence-electron chi connectivity index (χ2n) is 15.7. The van der Waals surface area contributed by atoms with E-state index >= 15 is 0 Å². The van der Waals surface area contributed by atoms with E-state index in [0.29, 0.717) is 47.9 Å². The largest absolute Gasteiger partial charge is 0.346 e. The highest BCUT2D eigenvalue weighted by Crippen LogP contribution is 2.38. The van der Waals surface area contributed by atoms with E-state index in [4.69, 9.17) is 40.5 Å². The van der Waals surface area contributed by atoms with Gasteiger partial charge < -0.3 is 32.3 Å². The van der Waals surface area contributed by atoms with E-state index < -0.39 is 60.9 Å². The Kier molecular flexibility index (Phi) is 19.2. The van der Waals surface area contributed by atoms with Crippen LogP contribution in [-0.2, 0) is 32.9 Å². The van der Waals surface area contributed by atoms with Gasteiger partial charge in [-0.2, -0.15) is 0 Å². The quantitative estimate of drug-likeness (QED) is 0.0597. The molecule has 6 aromatic rings. The smallest absolute Gasteiger partial charge is 0.315 e. The number of carbonyl (C=O) groups excluding carboxylic acids is 4. The summed E-state index contributed by atoms with van der Waals surface area (Å²) < 4.78 is 82.6. The minimum absolute atomic E-state index is 0. The van der Waals surface area contributed by atoms with E-state index in [-0.39, 0.29) is 63.5 Å². The molecule has 23 heteroatoms. The molecule has 0 fully saturated rings. The van der Waals surface area contributed by atoms with E-state index in [1.807, 2.05) is 13.8 Å². The van der Waals surface area contributed by atoms with Crippen molar-refractivity contribution in [2.75, 3.05) is 24.7 Å². The molecule has 8 rings (SSSR count). The van der Waals surface area contributed by atoms with Crippen molar-refractivity contribution in [2.45, 2.75) is 76.3 Å². The Hall–Kier alpha value is -6.29. The normalized spacial score (nSPS) is 14.3. The number of urea groups is 1. The zero-order valence-corrected chi connectivity index (χ0v) is 41.1. The van der Waals surface area contributed by atoms with Crippen molar-refractivity contribution in [1.29, 1.82) is 0 Å². The molecular formula is C48H53Cl3F2N8O8S2. The molecule has 4 aromatic carbocycles. The number of nitrogens with two attached hydrogens (primary N) is 1. The molecule has 0 saturated heterocycles. The number of aryl methyl sites for hydroxylation is 2. The zero-order valence-electron chi connectivity index (χ0n) is 37.2. The van der Waals surface area contributed by atoms with Gasteiger partial charge in [0.05, 0.1) is 25.9 Å². The van der Waals surface area contributed by atoms with Crippen molar-refractivity contribution in [2.24, 2.45) is 5.73 Å². The fourth-order valence-electron chi connectivity index (χ4n) is 7.53. The molecule has 71 heavy (non-hydrogen) atoms. The number of anilines is 2. The van der Waals surface area contributed by atoms with Crippen LogP contribution >= 0.6 is 34.8 Å². The van der Waals surface area contributed by atoms with Crippen LogP contribution in [-0.4, -0.2) is 62.1 Å². The molecule has 0 radical (unpaired) electrons. The number of hydrogen-bond acceptors (Lipinski definition) is 9. The number of carbonyl (C=O) groups is 4. The number of nitrogens with one attached hydrogen (secondary N) is 5. The van der Waals surface area contributed by atoms with Crippen LogP contribution in [0.4, 0.5) is 29.7 Å². The van der Waals surface area contributed by atoms with Crippen LogP contribution in [0, 0.1) is 25.5 Å². The topological polar surface area (TPSA) is 233 Å². The van der Waals surface area contributed by atoms with Crippen LogP contribution in [0.25, 0.3) is 0 Å². The summed E-state index contributed by atoms with van der Waals surface area (Å²) in [6.07, 6.45) is 4.80. The maximum absolute atomic E-state index is 13.5. The van der Waals surface area contributed by atoms with E-state index in [1.165, 1.54) is 75.0 Å². The van der Waals surface area contributed by atoms with Crippen molar-refractivity contribution in [3.05, 3.63) is 164 Å². The van der Waals surface area contributed by atoms with Gasteiger partial charge >= 0.3 is 11.4 Å². The Morgan fingerprint density at radius 1 is 0.634 bits per heavy atom. The summed E-state index contributed by atoms with van der Waals surface area (Å²) in [6, 6.07) is 18.8. The van der Waals surface area contributed by atoms with Crippen LogP contribution in [0.15, 0.2) is 107 Å². The lowest BCUT2D eigenvalue weighted by Gasteiger charge is -2.14. The first-order valence-electron chi connectivity index (χ1n) is 20.8. The molecule has 7 N–H and O–H groups in total. The van der Waals surface area contributed by atoms with Crippen molar-refractivity contribution in [3.8, 4) is 0 Å². The molecule has 2 atom stereocenters. The SMILES string of the molecule is C.C.CNC(=O)Cl.CNC(=O)NC1CCc2c1cn(S(=O)(=O)c1ccc(C)cc1)c2C(=O)Nc1ccc(F)c(Cl)c1.Cc1ccc(S(=O)(=O)n2cc3c(c2C(=O)Nc2ccc(F)c(Cl)c2)CCC3N)cc1. The van der Waals surface area contributed by atoms with E-state index in [2.05, 4.69) is 26.6 Å². The fraction of sp³-hybridized carbons (Fsp3) is 0.250. The first-order chi connectivity index (χ1) is 32.6. The Labute approximate surface area is 426 Å². The molecule has 0 saturated carbocycles. The first-order valence-corrected chi connectivity index (χ1v) is 24.8. The highest BCUT2D eigenvalue weighted by Gasteiger charge is 2.37. The van der Waals surface area contributed by atoms with Crippen LogP contribution in [0.1, 0.15) is 94.1 Å². The third-order valence-corrected chi connectivity index (χ3v) is 15.2. The molecule has 0 bridgehead atoms. The number of halogens is 5. The minimum Gasteiger partial charge on any atom is -0.346 e. The molecule has 2 unspecified atom stereocenters. The monoisotopic (exact) mass is 1080 g/mol. The number of amides is 5. The Balaban J connectivity index is 0.000000276. The van der Waals surface area contributed by atoms with Crippen molar-refractivity contribution in [1.82, 2.24) is 23.9 Å². The van der Waals surface area contributed by atoms with E-state index in [9.17, 15) is 44.8 Å². The molecule has 2 heterocycles. The number of rotatable bonds is 9. The van der Waals surface area contributed by atoms with Gasteiger partial charge in [-0.25, -0.2) is 38.4 Å². The summed E-state index contributed by atoms with van der Waals surface area (Å²) in [5, 5.41) is 11.8. The second kappa shape index (κ2) is 23.7. The lowest BCUT2D eigenvalue weighted by Crippen LogP contribution is -2.34. The average Bonchev–Trinajstić information content (AvgIpc) is 4.09. The molecule has 0 aliphatic heterocycles. The van der Waals surface area contributed by atoms with Crippen LogP contribution in [0.5, 0.6) is 0 Å². The summed E-state index contributed by atoms with van der Waals surface area (Å²) >= 11 is 16.3. The van der Waals surface area contributed by atoms with Gasteiger partial charge in [-0.15, -0.1) is 0 Å². The van der Waals surface area contributed by atoms with Gasteiger partial charge in [0.25, 0.3) is 31.9 Å². The Bertz CT molecular complexity index is 3190. The van der Waals surface area contributed by atoms with Gasteiger partial charge in [0, 0.05) is 43.9 Å². The lowest BCUT2D eigenvalue weighted by molar-refractivity contribution is 0.101. The molecule has 2 aliphatic rings. The maximum atomic E-state index is 13.5. The van der Waals surface area contributed by atoms with Gasteiger partial charge in [0.2, 0.25) is 0 Å². The van der Waals surface area contributed by atoms with Crippen molar-refractivity contribution in [3.63, 3.8) is 0 Å². The summed E-state index contributed by atoms with van der Waals surface area (Å²) in [4.78, 5) is 47.9. The predicted octanol–water partition coefficient (Wildman–Crippen LogP) is 9.86. The van der Waals surface area contributed by atoms with Gasteiger partial charge in [-0.05, 0) is 134 Å². The summed E-state index contributed by atoms with van der Waals surface area (Å²) in [5.41, 5.74) is 10.6. The number of aromatic nitrogens is 2. The van der Waals surface area contributed by atoms with Crippen LogP contribution in [0.2, 0.25) is 10.0 Å². The molecule has 380 valence electrons. The average molecular weight is 1080 g/mol. The number of hydrogen-bond donors (Lipinski definition) is 6. The predicted molar refractivity (Wildman–Crippen MR) is 273 cm³/mol.